The molecule has 0 atom stereocenters. The monoisotopic (exact) mass is 585 g/mol. The number of aromatic nitrogens is 1. The summed E-state index contributed by atoms with van der Waals surface area (Å²) in [7, 11) is 0. The number of benzene rings is 5. The van der Waals surface area contributed by atoms with E-state index in [2.05, 4.69) is 141 Å². The van der Waals surface area contributed by atoms with Crippen LogP contribution in [-0.4, -0.2) is 4.57 Å². The largest absolute Gasteiger partial charge is 0.309 e. The summed E-state index contributed by atoms with van der Waals surface area (Å²) in [6.45, 7) is 7.09. The molecule has 4 fully saturated rings. The van der Waals surface area contributed by atoms with Gasteiger partial charge >= 0.3 is 0 Å². The van der Waals surface area contributed by atoms with Gasteiger partial charge in [-0.1, -0.05) is 106 Å². The molecule has 0 unspecified atom stereocenters. The number of nitrogens with zero attached hydrogens (tertiary/aromatic N) is 1. The summed E-state index contributed by atoms with van der Waals surface area (Å²) < 4.78 is 2.50. The van der Waals surface area contributed by atoms with Crippen LogP contribution in [0, 0.1) is 17.8 Å². The summed E-state index contributed by atoms with van der Waals surface area (Å²) in [5.74, 6) is 2.90. The molecule has 6 aromatic rings. The highest BCUT2D eigenvalue weighted by atomic mass is 15.0. The molecule has 4 aliphatic rings. The van der Waals surface area contributed by atoms with Crippen molar-refractivity contribution in [2.45, 2.75) is 70.1 Å². The second-order valence-corrected chi connectivity index (χ2v) is 15.7. The SMILES string of the molecule is CC(C)(C)c1cc(-c2ccc(C34CC5CC(CC(C5)C3)C4)cc2)cc2c1c1ccccc1n2-c1cccc(-c2ccccc2)c1. The van der Waals surface area contributed by atoms with E-state index in [1.165, 1.54) is 93.8 Å². The second-order valence-electron chi connectivity index (χ2n) is 15.7. The van der Waals surface area contributed by atoms with E-state index in [0.29, 0.717) is 5.41 Å². The number of rotatable bonds is 4. The van der Waals surface area contributed by atoms with Crippen LogP contribution >= 0.6 is 0 Å². The lowest BCUT2D eigenvalue weighted by Crippen LogP contribution is -2.48. The molecular weight excluding hydrogens is 542 g/mol. The Morgan fingerprint density at radius 2 is 1.18 bits per heavy atom. The normalized spacial score (nSPS) is 24.1. The van der Waals surface area contributed by atoms with Crippen molar-refractivity contribution in [2.24, 2.45) is 17.8 Å². The number of hydrogen-bond acceptors (Lipinski definition) is 0. The molecule has 45 heavy (non-hydrogen) atoms. The molecule has 1 heterocycles. The molecule has 0 amide bonds. The van der Waals surface area contributed by atoms with Crippen LogP contribution in [0.2, 0.25) is 0 Å². The van der Waals surface area contributed by atoms with Crippen molar-refractivity contribution in [3.63, 3.8) is 0 Å². The van der Waals surface area contributed by atoms with Crippen LogP contribution in [-0.2, 0) is 10.8 Å². The van der Waals surface area contributed by atoms with E-state index in [1.807, 2.05) is 0 Å². The molecule has 4 bridgehead atoms. The first kappa shape index (κ1) is 27.2. The standard InChI is InChI=1S/C44H43N/c1-43(2,3)39-24-35(33-16-18-36(19-17-33)44-26-29-20-30(27-44)22-31(21-29)28-44)25-41-42(39)38-14-7-8-15-40(38)45(41)37-13-9-12-34(23-37)32-10-5-4-6-11-32/h4-19,23-25,29-31H,20-22,26-28H2,1-3H3. The van der Waals surface area contributed by atoms with Crippen LogP contribution in [0.5, 0.6) is 0 Å². The molecule has 0 spiro atoms. The maximum absolute atomic E-state index is 2.50. The zero-order valence-corrected chi connectivity index (χ0v) is 26.9. The van der Waals surface area contributed by atoms with E-state index in [-0.39, 0.29) is 5.41 Å². The average molecular weight is 586 g/mol. The maximum atomic E-state index is 2.50. The molecular formula is C44H43N. The summed E-state index contributed by atoms with van der Waals surface area (Å²) >= 11 is 0. The third-order valence-corrected chi connectivity index (χ3v) is 11.7. The van der Waals surface area contributed by atoms with Gasteiger partial charge in [-0.15, -0.1) is 0 Å². The van der Waals surface area contributed by atoms with Crippen molar-refractivity contribution >= 4 is 21.8 Å². The van der Waals surface area contributed by atoms with Gasteiger partial charge in [-0.3, -0.25) is 0 Å². The lowest BCUT2D eigenvalue weighted by molar-refractivity contribution is -0.00518. The summed E-state index contributed by atoms with van der Waals surface area (Å²) in [4.78, 5) is 0. The number of fused-ring (bicyclic) bond motifs is 3. The smallest absolute Gasteiger partial charge is 0.0550 e. The molecule has 4 saturated carbocycles. The van der Waals surface area contributed by atoms with Gasteiger partial charge in [0.2, 0.25) is 0 Å². The summed E-state index contributed by atoms with van der Waals surface area (Å²) in [5.41, 5.74) is 12.3. The average Bonchev–Trinajstić information content (AvgIpc) is 3.38. The van der Waals surface area contributed by atoms with Crippen molar-refractivity contribution in [1.82, 2.24) is 4.57 Å². The van der Waals surface area contributed by atoms with Gasteiger partial charge in [0.25, 0.3) is 0 Å². The van der Waals surface area contributed by atoms with Crippen molar-refractivity contribution in [3.05, 3.63) is 126 Å². The molecule has 0 aliphatic heterocycles. The van der Waals surface area contributed by atoms with E-state index < -0.39 is 0 Å². The van der Waals surface area contributed by atoms with Crippen molar-refractivity contribution < 1.29 is 0 Å². The van der Waals surface area contributed by atoms with Crippen LogP contribution in [0.25, 0.3) is 49.7 Å². The Bertz CT molecular complexity index is 2020. The fraction of sp³-hybridized carbons (Fsp3) is 0.318. The zero-order valence-electron chi connectivity index (χ0n) is 26.9. The van der Waals surface area contributed by atoms with Gasteiger partial charge in [-0.05, 0) is 131 Å². The molecule has 224 valence electrons. The van der Waals surface area contributed by atoms with Gasteiger partial charge in [-0.2, -0.15) is 0 Å². The highest BCUT2D eigenvalue weighted by molar-refractivity contribution is 6.12. The summed E-state index contributed by atoms with van der Waals surface area (Å²) in [6.07, 6.45) is 8.74. The van der Waals surface area contributed by atoms with Gasteiger partial charge < -0.3 is 4.57 Å². The minimum atomic E-state index is -0.00572. The van der Waals surface area contributed by atoms with Crippen LogP contribution in [0.3, 0.4) is 0 Å². The van der Waals surface area contributed by atoms with Crippen LogP contribution in [0.4, 0.5) is 0 Å². The van der Waals surface area contributed by atoms with E-state index in [0.717, 1.165) is 17.8 Å². The van der Waals surface area contributed by atoms with E-state index in [1.54, 1.807) is 5.56 Å². The maximum Gasteiger partial charge on any atom is 0.0550 e. The zero-order chi connectivity index (χ0) is 30.3. The molecule has 10 rings (SSSR count). The Hall–Kier alpha value is -4.10. The van der Waals surface area contributed by atoms with Crippen LogP contribution < -0.4 is 0 Å². The highest BCUT2D eigenvalue weighted by Crippen LogP contribution is 2.60. The third kappa shape index (κ3) is 4.42. The number of hydrogen-bond donors (Lipinski definition) is 0. The van der Waals surface area contributed by atoms with Gasteiger partial charge in [-0.25, -0.2) is 0 Å². The summed E-state index contributed by atoms with van der Waals surface area (Å²) in [5, 5.41) is 2.70. The van der Waals surface area contributed by atoms with E-state index in [4.69, 9.17) is 0 Å². The lowest BCUT2D eigenvalue weighted by atomic mass is 9.48. The van der Waals surface area contributed by atoms with Gasteiger partial charge in [0, 0.05) is 16.5 Å². The van der Waals surface area contributed by atoms with Gasteiger partial charge in [0.1, 0.15) is 0 Å². The highest BCUT2D eigenvalue weighted by Gasteiger charge is 2.51. The van der Waals surface area contributed by atoms with Gasteiger partial charge in [0.05, 0.1) is 11.0 Å². The van der Waals surface area contributed by atoms with Crippen LogP contribution in [0.15, 0.2) is 115 Å². The first-order valence-electron chi connectivity index (χ1n) is 17.2. The molecule has 1 nitrogen and oxygen atoms in total. The molecule has 1 aromatic heterocycles. The quantitative estimate of drug-likeness (QED) is 0.194. The molecule has 0 saturated heterocycles. The Labute approximate surface area is 267 Å². The summed E-state index contributed by atoms with van der Waals surface area (Å²) in [6, 6.07) is 43.6. The molecule has 1 heteroatoms. The van der Waals surface area contributed by atoms with E-state index in [9.17, 15) is 0 Å². The number of para-hydroxylation sites is 1. The second kappa shape index (κ2) is 9.95. The first-order valence-corrected chi connectivity index (χ1v) is 17.2. The third-order valence-electron chi connectivity index (χ3n) is 11.7. The topological polar surface area (TPSA) is 4.93 Å². The molecule has 0 radical (unpaired) electrons. The Morgan fingerprint density at radius 1 is 0.556 bits per heavy atom. The van der Waals surface area contributed by atoms with Crippen molar-refractivity contribution in [3.8, 4) is 27.9 Å². The Balaban J connectivity index is 1.22. The lowest BCUT2D eigenvalue weighted by Gasteiger charge is -2.57. The molecule has 0 N–H and O–H groups in total. The van der Waals surface area contributed by atoms with Gasteiger partial charge in [0.15, 0.2) is 0 Å². The minimum absolute atomic E-state index is 0.00572. The fourth-order valence-corrected chi connectivity index (χ4v) is 10.1. The first-order chi connectivity index (χ1) is 21.8. The predicted molar refractivity (Wildman–Crippen MR) is 190 cm³/mol. The Kier molecular flexibility index (Phi) is 6.02. The van der Waals surface area contributed by atoms with Crippen molar-refractivity contribution in [2.75, 3.05) is 0 Å². The molecule has 4 aliphatic carbocycles. The minimum Gasteiger partial charge on any atom is -0.309 e. The van der Waals surface area contributed by atoms with Crippen LogP contribution in [0.1, 0.15) is 70.4 Å². The van der Waals surface area contributed by atoms with E-state index >= 15 is 0 Å². The molecule has 5 aromatic carbocycles. The predicted octanol–water partition coefficient (Wildman–Crippen LogP) is 11.9. The Morgan fingerprint density at radius 3 is 1.87 bits per heavy atom. The van der Waals surface area contributed by atoms with Crippen molar-refractivity contribution in [1.29, 1.82) is 0 Å². The fourth-order valence-electron chi connectivity index (χ4n) is 10.1.